The van der Waals surface area contributed by atoms with Crippen LogP contribution in [0.25, 0.3) is 0 Å². The molecule has 0 heterocycles. The van der Waals surface area contributed by atoms with Crippen LogP contribution in [-0.2, 0) is 16.1 Å². The minimum atomic E-state index is -0.545. The standard InChI is InChI=1S/C27H36N2O4/c1-21(27(31)28-23-10-5-3-6-11-23)29(20-22-15-17-24(32-2)18-16-22)26(30)14-9-19-33-25-12-7-4-8-13-25/h4,7-8,12-13,15-18,21,23H,3,5-6,9-11,14,19-20H2,1-2H3,(H,28,31)/t21-/m0/s1. The van der Waals surface area contributed by atoms with Gasteiger partial charge in [-0.1, -0.05) is 49.6 Å². The highest BCUT2D eigenvalue weighted by atomic mass is 16.5. The lowest BCUT2D eigenvalue weighted by molar-refractivity contribution is -0.141. The van der Waals surface area contributed by atoms with Crippen molar-refractivity contribution >= 4 is 11.8 Å². The molecular formula is C27H36N2O4. The molecular weight excluding hydrogens is 416 g/mol. The van der Waals surface area contributed by atoms with E-state index in [9.17, 15) is 9.59 Å². The molecule has 0 saturated heterocycles. The highest BCUT2D eigenvalue weighted by molar-refractivity contribution is 5.87. The second-order valence-corrected chi connectivity index (χ2v) is 8.65. The third-order valence-corrected chi connectivity index (χ3v) is 6.18. The number of carbonyl (C=O) groups excluding carboxylic acids is 2. The molecule has 0 bridgehead atoms. The summed E-state index contributed by atoms with van der Waals surface area (Å²) in [6, 6.07) is 16.9. The van der Waals surface area contributed by atoms with Crippen LogP contribution >= 0.6 is 0 Å². The van der Waals surface area contributed by atoms with Gasteiger partial charge in [-0.3, -0.25) is 9.59 Å². The normalized spacial score (nSPS) is 14.8. The Balaban J connectivity index is 1.61. The number of carbonyl (C=O) groups is 2. The smallest absolute Gasteiger partial charge is 0.242 e. The van der Waals surface area contributed by atoms with E-state index < -0.39 is 6.04 Å². The lowest BCUT2D eigenvalue weighted by Crippen LogP contribution is -2.50. The Labute approximate surface area is 197 Å². The maximum atomic E-state index is 13.2. The zero-order chi connectivity index (χ0) is 23.5. The van der Waals surface area contributed by atoms with Crippen LogP contribution < -0.4 is 14.8 Å². The Kier molecular flexibility index (Phi) is 9.60. The van der Waals surface area contributed by atoms with Crippen LogP contribution in [0.1, 0.15) is 57.4 Å². The number of nitrogens with one attached hydrogen (secondary N) is 1. The molecule has 0 spiro atoms. The van der Waals surface area contributed by atoms with Gasteiger partial charge >= 0.3 is 0 Å². The van der Waals surface area contributed by atoms with Crippen LogP contribution in [-0.4, -0.2) is 42.5 Å². The first kappa shape index (κ1) is 24.6. The summed E-state index contributed by atoms with van der Waals surface area (Å²) in [5.74, 6) is 1.43. The molecule has 6 heteroatoms. The van der Waals surface area contributed by atoms with Crippen LogP contribution in [0.4, 0.5) is 0 Å². The number of ether oxygens (including phenoxy) is 2. The highest BCUT2D eigenvalue weighted by Crippen LogP contribution is 2.19. The summed E-state index contributed by atoms with van der Waals surface area (Å²) in [4.78, 5) is 27.9. The van der Waals surface area contributed by atoms with Gasteiger partial charge in [0.25, 0.3) is 0 Å². The predicted molar refractivity (Wildman–Crippen MR) is 129 cm³/mol. The van der Waals surface area contributed by atoms with Crippen LogP contribution in [0.2, 0.25) is 0 Å². The predicted octanol–water partition coefficient (Wildman–Crippen LogP) is 4.72. The minimum Gasteiger partial charge on any atom is -0.497 e. The molecule has 33 heavy (non-hydrogen) atoms. The van der Waals surface area contributed by atoms with Crippen LogP contribution in [0.5, 0.6) is 11.5 Å². The van der Waals surface area contributed by atoms with Gasteiger partial charge in [0.1, 0.15) is 17.5 Å². The quantitative estimate of drug-likeness (QED) is 0.501. The van der Waals surface area contributed by atoms with Gasteiger partial charge in [-0.05, 0) is 56.0 Å². The molecule has 1 atom stereocenters. The molecule has 2 aromatic rings. The third-order valence-electron chi connectivity index (χ3n) is 6.18. The van der Waals surface area contributed by atoms with E-state index in [2.05, 4.69) is 5.32 Å². The van der Waals surface area contributed by atoms with Gasteiger partial charge in [0, 0.05) is 19.0 Å². The Morgan fingerprint density at radius 2 is 1.70 bits per heavy atom. The fourth-order valence-electron chi connectivity index (χ4n) is 4.15. The van der Waals surface area contributed by atoms with E-state index in [4.69, 9.17) is 9.47 Å². The summed E-state index contributed by atoms with van der Waals surface area (Å²) in [6.07, 6.45) is 6.47. The van der Waals surface area contributed by atoms with E-state index in [1.807, 2.05) is 61.5 Å². The lowest BCUT2D eigenvalue weighted by atomic mass is 9.95. The maximum absolute atomic E-state index is 13.2. The highest BCUT2D eigenvalue weighted by Gasteiger charge is 2.27. The van der Waals surface area contributed by atoms with Crippen molar-refractivity contribution in [2.75, 3.05) is 13.7 Å². The molecule has 1 saturated carbocycles. The zero-order valence-electron chi connectivity index (χ0n) is 19.8. The van der Waals surface area contributed by atoms with Gasteiger partial charge in [0.15, 0.2) is 0 Å². The zero-order valence-corrected chi connectivity index (χ0v) is 19.8. The van der Waals surface area contributed by atoms with Crippen molar-refractivity contribution in [2.45, 2.75) is 70.5 Å². The fourth-order valence-corrected chi connectivity index (χ4v) is 4.15. The average Bonchev–Trinajstić information content (AvgIpc) is 2.86. The molecule has 3 rings (SSSR count). The van der Waals surface area contributed by atoms with Gasteiger partial charge in [0.05, 0.1) is 13.7 Å². The first-order valence-electron chi connectivity index (χ1n) is 12.0. The van der Waals surface area contributed by atoms with Crippen molar-refractivity contribution < 1.29 is 19.1 Å². The van der Waals surface area contributed by atoms with Crippen molar-refractivity contribution in [3.8, 4) is 11.5 Å². The molecule has 0 aliphatic heterocycles. The van der Waals surface area contributed by atoms with Crippen LogP contribution in [0, 0.1) is 0 Å². The Bertz CT molecular complexity index is 863. The van der Waals surface area contributed by atoms with E-state index in [1.54, 1.807) is 12.0 Å². The van der Waals surface area contributed by atoms with E-state index in [1.165, 1.54) is 6.42 Å². The Morgan fingerprint density at radius 1 is 1.00 bits per heavy atom. The summed E-state index contributed by atoms with van der Waals surface area (Å²) in [7, 11) is 1.63. The van der Waals surface area contributed by atoms with Gasteiger partial charge in [-0.25, -0.2) is 0 Å². The number of benzene rings is 2. The Hall–Kier alpha value is -3.02. The van der Waals surface area contributed by atoms with Crippen molar-refractivity contribution in [2.24, 2.45) is 0 Å². The largest absolute Gasteiger partial charge is 0.497 e. The maximum Gasteiger partial charge on any atom is 0.242 e. The monoisotopic (exact) mass is 452 g/mol. The molecule has 1 aliphatic rings. The molecule has 0 radical (unpaired) electrons. The molecule has 1 fully saturated rings. The van der Waals surface area contributed by atoms with Gasteiger partial charge in [0.2, 0.25) is 11.8 Å². The van der Waals surface area contributed by atoms with Gasteiger partial charge < -0.3 is 19.7 Å². The summed E-state index contributed by atoms with van der Waals surface area (Å²) in [5, 5.41) is 3.17. The van der Waals surface area contributed by atoms with Gasteiger partial charge in [-0.15, -0.1) is 0 Å². The number of hydrogen-bond donors (Lipinski definition) is 1. The first-order valence-corrected chi connectivity index (χ1v) is 12.0. The van der Waals surface area contributed by atoms with Crippen LogP contribution in [0.3, 0.4) is 0 Å². The number of rotatable bonds is 11. The third kappa shape index (κ3) is 7.81. The van der Waals surface area contributed by atoms with E-state index in [0.717, 1.165) is 42.7 Å². The second-order valence-electron chi connectivity index (χ2n) is 8.65. The fraction of sp³-hybridized carbons (Fsp3) is 0.481. The van der Waals surface area contributed by atoms with Crippen molar-refractivity contribution in [3.63, 3.8) is 0 Å². The minimum absolute atomic E-state index is 0.0474. The lowest BCUT2D eigenvalue weighted by Gasteiger charge is -2.31. The topological polar surface area (TPSA) is 67.9 Å². The summed E-state index contributed by atoms with van der Waals surface area (Å²) < 4.78 is 11.0. The van der Waals surface area contributed by atoms with Crippen molar-refractivity contribution in [3.05, 3.63) is 60.2 Å². The molecule has 178 valence electrons. The molecule has 1 N–H and O–H groups in total. The van der Waals surface area contributed by atoms with E-state index >= 15 is 0 Å². The number of amides is 2. The van der Waals surface area contributed by atoms with Crippen molar-refractivity contribution in [1.82, 2.24) is 10.2 Å². The van der Waals surface area contributed by atoms with Gasteiger partial charge in [-0.2, -0.15) is 0 Å². The summed E-state index contributed by atoms with van der Waals surface area (Å²) in [5.41, 5.74) is 0.960. The molecule has 2 aromatic carbocycles. The molecule has 0 unspecified atom stereocenters. The van der Waals surface area contributed by atoms with Crippen molar-refractivity contribution in [1.29, 1.82) is 0 Å². The first-order chi connectivity index (χ1) is 16.1. The molecule has 0 aromatic heterocycles. The van der Waals surface area contributed by atoms with E-state index in [0.29, 0.717) is 26.0 Å². The number of nitrogens with zero attached hydrogens (tertiary/aromatic N) is 1. The molecule has 1 aliphatic carbocycles. The average molecular weight is 453 g/mol. The SMILES string of the molecule is COc1ccc(CN(C(=O)CCCOc2ccccc2)[C@@H](C)C(=O)NC2CCCCC2)cc1. The molecule has 6 nitrogen and oxygen atoms in total. The Morgan fingerprint density at radius 3 is 2.36 bits per heavy atom. The second kappa shape index (κ2) is 12.9. The summed E-state index contributed by atoms with van der Waals surface area (Å²) in [6.45, 7) is 2.65. The number of hydrogen-bond acceptors (Lipinski definition) is 4. The van der Waals surface area contributed by atoms with E-state index in [-0.39, 0.29) is 17.9 Å². The number of methoxy groups -OCH3 is 1. The summed E-state index contributed by atoms with van der Waals surface area (Å²) >= 11 is 0. The molecule has 2 amide bonds. The number of para-hydroxylation sites is 1. The van der Waals surface area contributed by atoms with Crippen LogP contribution in [0.15, 0.2) is 54.6 Å².